The summed E-state index contributed by atoms with van der Waals surface area (Å²) >= 11 is 0. The van der Waals surface area contributed by atoms with Gasteiger partial charge in [0.15, 0.2) is 34.7 Å². The Hall–Kier alpha value is -3.82. The Kier molecular flexibility index (Phi) is 7.77. The summed E-state index contributed by atoms with van der Waals surface area (Å²) in [4.78, 5) is 77.3. The van der Waals surface area contributed by atoms with Crippen LogP contribution in [-0.2, 0) is 9.59 Å². The standard InChI is InChI=1S/C30H32N2O7/c1-13(2)9-21(31)29(37)23-25(33)17-7-5-15(11-19(17)27(23)35)39-16-6-8-18-20(12-16)28(36)24(26(18)34)30(38)22(32)10-14(3)4/h5-8,11-14,21-24H,9-10,31-32H2,1-4H3/t21-,22-,23?,24?/m1/s1. The first-order chi connectivity index (χ1) is 18.3. The molecule has 0 aromatic heterocycles. The maximum absolute atomic E-state index is 13.0. The molecule has 0 aliphatic heterocycles. The van der Waals surface area contributed by atoms with E-state index in [0.717, 1.165) is 0 Å². The minimum atomic E-state index is -1.47. The van der Waals surface area contributed by atoms with E-state index in [2.05, 4.69) is 0 Å². The predicted octanol–water partition coefficient (Wildman–Crippen LogP) is 3.35. The summed E-state index contributed by atoms with van der Waals surface area (Å²) in [7, 11) is 0. The minimum absolute atomic E-state index is 0.0600. The molecule has 2 aliphatic carbocycles. The molecule has 0 fully saturated rings. The Morgan fingerprint density at radius 2 is 0.974 bits per heavy atom. The molecular formula is C30H32N2O7. The lowest BCUT2D eigenvalue weighted by Crippen LogP contribution is -2.40. The van der Waals surface area contributed by atoms with Gasteiger partial charge in [-0.05, 0) is 61.1 Å². The molecule has 0 heterocycles. The highest BCUT2D eigenvalue weighted by molar-refractivity contribution is 6.37. The fourth-order valence-electron chi connectivity index (χ4n) is 5.20. The van der Waals surface area contributed by atoms with Crippen LogP contribution in [0.4, 0.5) is 0 Å². The van der Waals surface area contributed by atoms with Crippen molar-refractivity contribution in [3.63, 3.8) is 0 Å². The molecule has 204 valence electrons. The number of nitrogens with two attached hydrogens (primary N) is 2. The molecular weight excluding hydrogens is 500 g/mol. The van der Waals surface area contributed by atoms with Crippen LogP contribution < -0.4 is 16.2 Å². The van der Waals surface area contributed by atoms with E-state index in [1.165, 1.54) is 36.4 Å². The molecule has 0 saturated carbocycles. The van der Waals surface area contributed by atoms with Gasteiger partial charge >= 0.3 is 0 Å². The van der Waals surface area contributed by atoms with Crippen molar-refractivity contribution in [2.45, 2.75) is 52.6 Å². The lowest BCUT2D eigenvalue weighted by atomic mass is 9.90. The topological polar surface area (TPSA) is 164 Å². The largest absolute Gasteiger partial charge is 0.457 e. The summed E-state index contributed by atoms with van der Waals surface area (Å²) in [5.41, 5.74) is 12.3. The van der Waals surface area contributed by atoms with Gasteiger partial charge in [-0.1, -0.05) is 27.7 Å². The molecule has 0 bridgehead atoms. The maximum atomic E-state index is 13.0. The number of ketones is 6. The smallest absolute Gasteiger partial charge is 0.182 e. The zero-order valence-corrected chi connectivity index (χ0v) is 22.4. The van der Waals surface area contributed by atoms with Crippen LogP contribution in [0.15, 0.2) is 36.4 Å². The molecule has 39 heavy (non-hydrogen) atoms. The second-order valence-electron chi connectivity index (χ2n) is 11.1. The first-order valence-corrected chi connectivity index (χ1v) is 13.0. The van der Waals surface area contributed by atoms with Crippen LogP contribution in [0.3, 0.4) is 0 Å². The normalized spacial score (nSPS) is 19.9. The molecule has 9 heteroatoms. The first kappa shape index (κ1) is 28.2. The second-order valence-corrected chi connectivity index (χ2v) is 11.1. The third kappa shape index (κ3) is 5.24. The number of carbonyl (C=O) groups excluding carboxylic acids is 6. The minimum Gasteiger partial charge on any atom is -0.457 e. The van der Waals surface area contributed by atoms with Crippen LogP contribution in [0, 0.1) is 23.7 Å². The number of fused-ring (bicyclic) bond motifs is 2. The van der Waals surface area contributed by atoms with E-state index in [9.17, 15) is 28.8 Å². The Morgan fingerprint density at radius 3 is 1.31 bits per heavy atom. The fraction of sp³-hybridized carbons (Fsp3) is 0.400. The van der Waals surface area contributed by atoms with Gasteiger partial charge in [0.05, 0.1) is 12.1 Å². The van der Waals surface area contributed by atoms with E-state index in [1.807, 2.05) is 27.7 Å². The third-order valence-electron chi connectivity index (χ3n) is 7.08. The molecule has 2 aromatic carbocycles. The maximum Gasteiger partial charge on any atom is 0.182 e. The number of Topliss-reactive ketones (excluding diaryl/α,β-unsaturated/α-hetero) is 6. The van der Waals surface area contributed by atoms with Crippen molar-refractivity contribution in [1.82, 2.24) is 0 Å². The van der Waals surface area contributed by atoms with Crippen LogP contribution in [0.25, 0.3) is 0 Å². The Balaban J connectivity index is 1.54. The van der Waals surface area contributed by atoms with Crippen molar-refractivity contribution in [1.29, 1.82) is 0 Å². The second kappa shape index (κ2) is 10.7. The van der Waals surface area contributed by atoms with E-state index >= 15 is 0 Å². The highest BCUT2D eigenvalue weighted by Crippen LogP contribution is 2.36. The number of hydrogen-bond acceptors (Lipinski definition) is 9. The SMILES string of the molecule is CC(C)C[C@@H](N)C(=O)C1C(=O)c2ccc(Oc3ccc4c(c3)C(=O)C(C(=O)[C@H](N)CC(C)C)C4=O)cc2C1=O. The third-order valence-corrected chi connectivity index (χ3v) is 7.08. The molecule has 4 N–H and O–H groups in total. The molecule has 0 saturated heterocycles. The Bertz CT molecular complexity index is 1300. The number of ether oxygens (including phenoxy) is 1. The van der Waals surface area contributed by atoms with Crippen molar-refractivity contribution >= 4 is 34.7 Å². The average Bonchev–Trinajstić information content (AvgIpc) is 3.25. The van der Waals surface area contributed by atoms with Crippen molar-refractivity contribution in [3.05, 3.63) is 58.7 Å². The fourth-order valence-corrected chi connectivity index (χ4v) is 5.20. The Morgan fingerprint density at radius 1 is 0.641 bits per heavy atom. The zero-order chi connectivity index (χ0) is 28.8. The van der Waals surface area contributed by atoms with Gasteiger partial charge in [0.1, 0.15) is 23.3 Å². The highest BCUT2D eigenvalue weighted by Gasteiger charge is 2.46. The van der Waals surface area contributed by atoms with Gasteiger partial charge in [0.2, 0.25) is 0 Å². The van der Waals surface area contributed by atoms with Gasteiger partial charge < -0.3 is 16.2 Å². The van der Waals surface area contributed by atoms with Gasteiger partial charge in [0, 0.05) is 22.3 Å². The van der Waals surface area contributed by atoms with Crippen molar-refractivity contribution in [2.75, 3.05) is 0 Å². The van der Waals surface area contributed by atoms with Gasteiger partial charge in [-0.2, -0.15) is 0 Å². The molecule has 0 spiro atoms. The zero-order valence-electron chi connectivity index (χ0n) is 22.4. The van der Waals surface area contributed by atoms with E-state index in [-0.39, 0.29) is 45.6 Å². The molecule has 2 aliphatic rings. The summed E-state index contributed by atoms with van der Waals surface area (Å²) in [6, 6.07) is 6.68. The molecule has 0 amide bonds. The predicted molar refractivity (Wildman–Crippen MR) is 142 cm³/mol. The summed E-state index contributed by atoms with van der Waals surface area (Å²) in [5, 5.41) is 0. The van der Waals surface area contributed by atoms with Gasteiger partial charge in [0.25, 0.3) is 0 Å². The van der Waals surface area contributed by atoms with Gasteiger partial charge in [-0.25, -0.2) is 0 Å². The lowest BCUT2D eigenvalue weighted by molar-refractivity contribution is -0.122. The van der Waals surface area contributed by atoms with Gasteiger partial charge in [-0.15, -0.1) is 0 Å². The van der Waals surface area contributed by atoms with E-state index in [4.69, 9.17) is 16.2 Å². The van der Waals surface area contributed by atoms with Crippen molar-refractivity contribution < 1.29 is 33.5 Å². The first-order valence-electron chi connectivity index (χ1n) is 13.0. The number of benzene rings is 2. The monoisotopic (exact) mass is 532 g/mol. The lowest BCUT2D eigenvalue weighted by Gasteiger charge is -2.15. The molecule has 4 rings (SSSR count). The van der Waals surface area contributed by atoms with Crippen LogP contribution in [0.1, 0.15) is 82.0 Å². The summed E-state index contributed by atoms with van der Waals surface area (Å²) < 4.78 is 5.84. The van der Waals surface area contributed by atoms with Crippen LogP contribution in [-0.4, -0.2) is 46.8 Å². The van der Waals surface area contributed by atoms with E-state index in [1.54, 1.807) is 0 Å². The molecule has 9 nitrogen and oxygen atoms in total. The molecule has 2 unspecified atom stereocenters. The summed E-state index contributed by atoms with van der Waals surface area (Å²) in [6.07, 6.45) is 0.715. The van der Waals surface area contributed by atoms with Crippen LogP contribution >= 0.6 is 0 Å². The Labute approximate surface area is 226 Å². The molecule has 2 aromatic rings. The van der Waals surface area contributed by atoms with Crippen LogP contribution in [0.2, 0.25) is 0 Å². The number of rotatable bonds is 10. The average molecular weight is 533 g/mol. The van der Waals surface area contributed by atoms with Gasteiger partial charge in [-0.3, -0.25) is 28.8 Å². The van der Waals surface area contributed by atoms with Crippen molar-refractivity contribution in [2.24, 2.45) is 35.1 Å². The summed E-state index contributed by atoms with van der Waals surface area (Å²) in [5.74, 6) is -5.93. The number of carbonyl (C=O) groups is 6. The highest BCUT2D eigenvalue weighted by atomic mass is 16.5. The van der Waals surface area contributed by atoms with E-state index in [0.29, 0.717) is 12.8 Å². The summed E-state index contributed by atoms with van der Waals surface area (Å²) in [6.45, 7) is 7.58. The van der Waals surface area contributed by atoms with E-state index < -0.39 is 58.6 Å². The quantitative estimate of drug-likeness (QED) is 0.437. The number of hydrogen-bond donors (Lipinski definition) is 2. The molecule has 0 radical (unpaired) electrons. The molecule has 4 atom stereocenters. The van der Waals surface area contributed by atoms with Crippen LogP contribution in [0.5, 0.6) is 11.5 Å². The van der Waals surface area contributed by atoms with Crippen molar-refractivity contribution in [3.8, 4) is 11.5 Å².